The van der Waals surface area contributed by atoms with Crippen molar-refractivity contribution in [3.63, 3.8) is 0 Å². The first-order valence-electron chi connectivity index (χ1n) is 6.90. The van der Waals surface area contributed by atoms with Crippen LogP contribution >= 0.6 is 0 Å². The Kier molecular flexibility index (Phi) is 2.98. The lowest BCUT2D eigenvalue weighted by atomic mass is 10.1. The molecule has 3 rings (SSSR count). The summed E-state index contributed by atoms with van der Waals surface area (Å²) in [6.07, 6.45) is 2.97. The highest BCUT2D eigenvalue weighted by Crippen LogP contribution is 2.32. The molecule has 2 aliphatic heterocycles. The van der Waals surface area contributed by atoms with Crippen LogP contribution in [0.4, 0.5) is 5.69 Å². The number of rotatable bonds is 2. The van der Waals surface area contributed by atoms with E-state index in [0.29, 0.717) is 24.4 Å². The molecule has 2 fully saturated rings. The molecule has 0 aliphatic carbocycles. The van der Waals surface area contributed by atoms with Gasteiger partial charge in [-0.2, -0.15) is 0 Å². The maximum atomic E-state index is 12.0. The molecule has 0 unspecified atom stereocenters. The third-order valence-corrected chi connectivity index (χ3v) is 4.19. The van der Waals surface area contributed by atoms with Crippen LogP contribution in [0.15, 0.2) is 30.3 Å². The highest BCUT2D eigenvalue weighted by atomic mass is 16.2. The van der Waals surface area contributed by atoms with E-state index < -0.39 is 0 Å². The van der Waals surface area contributed by atoms with Crippen molar-refractivity contribution in [2.24, 2.45) is 0 Å². The Morgan fingerprint density at radius 1 is 1.17 bits per heavy atom. The Bertz CT molecular complexity index is 417. The highest BCUT2D eigenvalue weighted by Gasteiger charge is 2.41. The van der Waals surface area contributed by atoms with E-state index in [0.717, 1.165) is 13.1 Å². The summed E-state index contributed by atoms with van der Waals surface area (Å²) < 4.78 is 0. The van der Waals surface area contributed by atoms with Gasteiger partial charge in [-0.3, -0.25) is 4.79 Å². The monoisotopic (exact) mass is 244 g/mol. The SMILES string of the molecule is CCC(=O)N1[C@H]2CC[C@H]1CN(c1ccccc1)C2. The molecule has 0 aromatic heterocycles. The zero-order valence-corrected chi connectivity index (χ0v) is 10.9. The lowest BCUT2D eigenvalue weighted by Gasteiger charge is -2.42. The van der Waals surface area contributed by atoms with Gasteiger partial charge >= 0.3 is 0 Å². The fourth-order valence-electron chi connectivity index (χ4n) is 3.34. The maximum Gasteiger partial charge on any atom is 0.222 e. The molecule has 0 spiro atoms. The van der Waals surface area contributed by atoms with Crippen LogP contribution in [0.1, 0.15) is 26.2 Å². The van der Waals surface area contributed by atoms with E-state index >= 15 is 0 Å². The van der Waals surface area contributed by atoms with Crippen LogP contribution in [0.25, 0.3) is 0 Å². The first kappa shape index (κ1) is 11.6. The predicted molar refractivity (Wildman–Crippen MR) is 72.6 cm³/mol. The zero-order chi connectivity index (χ0) is 12.5. The second-order valence-electron chi connectivity index (χ2n) is 5.28. The van der Waals surface area contributed by atoms with Gasteiger partial charge in [0.15, 0.2) is 0 Å². The second kappa shape index (κ2) is 4.63. The molecule has 3 heteroatoms. The van der Waals surface area contributed by atoms with Crippen LogP contribution in [-0.2, 0) is 4.79 Å². The van der Waals surface area contributed by atoms with Crippen LogP contribution in [0, 0.1) is 0 Å². The number of carbonyl (C=O) groups excluding carboxylic acids is 1. The number of carbonyl (C=O) groups is 1. The molecule has 3 nitrogen and oxygen atoms in total. The van der Waals surface area contributed by atoms with Crippen molar-refractivity contribution in [3.8, 4) is 0 Å². The van der Waals surface area contributed by atoms with Crippen LogP contribution in [0.2, 0.25) is 0 Å². The van der Waals surface area contributed by atoms with Gasteiger partial charge in [-0.05, 0) is 25.0 Å². The van der Waals surface area contributed by atoms with Gasteiger partial charge < -0.3 is 9.80 Å². The summed E-state index contributed by atoms with van der Waals surface area (Å²) in [5, 5.41) is 0. The van der Waals surface area contributed by atoms with Gasteiger partial charge in [-0.15, -0.1) is 0 Å². The Hall–Kier alpha value is -1.51. The number of anilines is 1. The molecule has 2 heterocycles. The number of benzene rings is 1. The molecule has 0 saturated carbocycles. The van der Waals surface area contributed by atoms with Crippen LogP contribution in [0.3, 0.4) is 0 Å². The molecule has 2 saturated heterocycles. The smallest absolute Gasteiger partial charge is 0.222 e. The standard InChI is InChI=1S/C15H20N2O/c1-2-15(18)17-13-8-9-14(17)11-16(10-13)12-6-4-3-5-7-12/h3-7,13-14H,2,8-11H2,1H3/t13-,14-/m0/s1. The minimum atomic E-state index is 0.329. The average Bonchev–Trinajstić information content (AvgIpc) is 2.69. The molecule has 0 radical (unpaired) electrons. The summed E-state index contributed by atoms with van der Waals surface area (Å²) in [5.74, 6) is 0.329. The van der Waals surface area contributed by atoms with Crippen molar-refractivity contribution in [1.29, 1.82) is 0 Å². The third kappa shape index (κ3) is 1.88. The van der Waals surface area contributed by atoms with Gasteiger partial charge in [0.1, 0.15) is 0 Å². The molecule has 1 aromatic rings. The van der Waals surface area contributed by atoms with Crippen molar-refractivity contribution in [1.82, 2.24) is 4.90 Å². The molecule has 2 bridgehead atoms. The Morgan fingerprint density at radius 3 is 2.33 bits per heavy atom. The lowest BCUT2D eigenvalue weighted by Crippen LogP contribution is -2.55. The van der Waals surface area contributed by atoms with Crippen molar-refractivity contribution >= 4 is 11.6 Å². The molecule has 96 valence electrons. The number of fused-ring (bicyclic) bond motifs is 2. The first-order valence-corrected chi connectivity index (χ1v) is 6.90. The van der Waals surface area contributed by atoms with Gasteiger partial charge in [0, 0.05) is 37.3 Å². The van der Waals surface area contributed by atoms with Gasteiger partial charge in [-0.25, -0.2) is 0 Å². The Morgan fingerprint density at radius 2 is 1.78 bits per heavy atom. The molecule has 2 atom stereocenters. The van der Waals surface area contributed by atoms with Gasteiger partial charge in [0.2, 0.25) is 5.91 Å². The summed E-state index contributed by atoms with van der Waals surface area (Å²) in [7, 11) is 0. The Labute approximate surface area is 108 Å². The normalized spacial score (nSPS) is 26.5. The summed E-state index contributed by atoms with van der Waals surface area (Å²) >= 11 is 0. The molecule has 2 aliphatic rings. The summed E-state index contributed by atoms with van der Waals surface area (Å²) in [4.78, 5) is 16.6. The van der Waals surface area contributed by atoms with E-state index in [1.54, 1.807) is 0 Å². The van der Waals surface area contributed by atoms with Crippen LogP contribution in [-0.4, -0.2) is 36.0 Å². The number of amides is 1. The van der Waals surface area contributed by atoms with E-state index in [1.165, 1.54) is 18.5 Å². The van der Waals surface area contributed by atoms with Crippen molar-refractivity contribution < 1.29 is 4.79 Å². The number of hydrogen-bond donors (Lipinski definition) is 0. The van der Waals surface area contributed by atoms with E-state index in [9.17, 15) is 4.79 Å². The molecular formula is C15H20N2O. The molecule has 1 amide bonds. The van der Waals surface area contributed by atoms with Gasteiger partial charge in [0.05, 0.1) is 0 Å². The first-order chi connectivity index (χ1) is 8.79. The molecule has 0 N–H and O–H groups in total. The fourth-order valence-corrected chi connectivity index (χ4v) is 3.34. The Balaban J connectivity index is 1.78. The van der Waals surface area contributed by atoms with E-state index in [-0.39, 0.29) is 0 Å². The topological polar surface area (TPSA) is 23.6 Å². The second-order valence-corrected chi connectivity index (χ2v) is 5.28. The van der Waals surface area contributed by atoms with E-state index in [1.807, 2.05) is 6.92 Å². The van der Waals surface area contributed by atoms with Crippen molar-refractivity contribution in [2.45, 2.75) is 38.3 Å². The number of nitrogens with zero attached hydrogens (tertiary/aromatic N) is 2. The minimum Gasteiger partial charge on any atom is -0.367 e. The highest BCUT2D eigenvalue weighted by molar-refractivity contribution is 5.77. The third-order valence-electron chi connectivity index (χ3n) is 4.19. The number of piperazine rings is 1. The lowest BCUT2D eigenvalue weighted by molar-refractivity contribution is -0.134. The average molecular weight is 244 g/mol. The zero-order valence-electron chi connectivity index (χ0n) is 10.9. The van der Waals surface area contributed by atoms with Gasteiger partial charge in [0.25, 0.3) is 0 Å². The molecular weight excluding hydrogens is 224 g/mol. The van der Waals surface area contributed by atoms with E-state index in [4.69, 9.17) is 0 Å². The summed E-state index contributed by atoms with van der Waals surface area (Å²) in [6.45, 7) is 3.95. The summed E-state index contributed by atoms with van der Waals surface area (Å²) in [6, 6.07) is 11.4. The molecule has 1 aromatic carbocycles. The van der Waals surface area contributed by atoms with Gasteiger partial charge in [-0.1, -0.05) is 25.1 Å². The fraction of sp³-hybridized carbons (Fsp3) is 0.533. The maximum absolute atomic E-state index is 12.0. The van der Waals surface area contributed by atoms with E-state index in [2.05, 4.69) is 40.1 Å². The van der Waals surface area contributed by atoms with Crippen molar-refractivity contribution in [3.05, 3.63) is 30.3 Å². The summed E-state index contributed by atoms with van der Waals surface area (Å²) in [5.41, 5.74) is 1.29. The predicted octanol–water partition coefficient (Wildman–Crippen LogP) is 2.28. The van der Waals surface area contributed by atoms with Crippen LogP contribution < -0.4 is 4.90 Å². The van der Waals surface area contributed by atoms with Crippen LogP contribution in [0.5, 0.6) is 0 Å². The number of hydrogen-bond acceptors (Lipinski definition) is 2. The number of para-hydroxylation sites is 1. The quantitative estimate of drug-likeness (QED) is 0.797. The van der Waals surface area contributed by atoms with Crippen molar-refractivity contribution in [2.75, 3.05) is 18.0 Å². The minimum absolute atomic E-state index is 0.329. The largest absolute Gasteiger partial charge is 0.367 e. The molecule has 18 heavy (non-hydrogen) atoms.